The summed E-state index contributed by atoms with van der Waals surface area (Å²) < 4.78 is 6.49. The van der Waals surface area contributed by atoms with Crippen molar-refractivity contribution in [3.8, 4) is 11.5 Å². The van der Waals surface area contributed by atoms with E-state index in [1.165, 1.54) is 24.0 Å². The van der Waals surface area contributed by atoms with Crippen LogP contribution in [0.15, 0.2) is 35.1 Å². The van der Waals surface area contributed by atoms with Crippen LogP contribution < -0.4 is 15.1 Å². The lowest BCUT2D eigenvalue weighted by molar-refractivity contribution is 0.102. The number of carbonyl (C=O) groups is 1. The Hall–Kier alpha value is -3.57. The summed E-state index contributed by atoms with van der Waals surface area (Å²) in [6.07, 6.45) is 7.83. The number of aromatic nitrogens is 4. The van der Waals surface area contributed by atoms with Crippen LogP contribution in [0.4, 0.5) is 16.6 Å². The molecule has 0 aliphatic carbocycles. The second-order valence-corrected chi connectivity index (χ2v) is 10.7. The number of β-amino-alcohol motifs (C(OH)–C–C–N with tert-alkyl or cyclic N) is 1. The summed E-state index contributed by atoms with van der Waals surface area (Å²) in [5, 5.41) is 14.0. The first kappa shape index (κ1) is 23.8. The molecule has 0 radical (unpaired) electrons. The van der Waals surface area contributed by atoms with Gasteiger partial charge in [-0.15, -0.1) is 0 Å². The van der Waals surface area contributed by atoms with E-state index in [9.17, 15) is 9.90 Å². The number of aliphatic hydroxyl groups is 1. The number of carbonyl (C=O) groups excluding carboxylic acids is 1. The molecule has 2 saturated heterocycles. The number of hydrogen-bond donors (Lipinski definition) is 2. The lowest BCUT2D eigenvalue weighted by Crippen LogP contribution is -2.38. The first-order chi connectivity index (χ1) is 18.0. The highest BCUT2D eigenvalue weighted by atomic mass is 32.1. The highest BCUT2D eigenvalue weighted by Crippen LogP contribution is 2.36. The molecule has 37 heavy (non-hydrogen) atoms. The van der Waals surface area contributed by atoms with Gasteiger partial charge in [0.1, 0.15) is 6.26 Å². The number of thiazole rings is 1. The van der Waals surface area contributed by atoms with Gasteiger partial charge in [0, 0.05) is 43.6 Å². The van der Waals surface area contributed by atoms with Gasteiger partial charge in [-0.2, -0.15) is 4.98 Å². The third-order valence-electron chi connectivity index (χ3n) is 6.80. The first-order valence-corrected chi connectivity index (χ1v) is 13.5. The molecule has 2 aliphatic rings. The van der Waals surface area contributed by atoms with E-state index in [4.69, 9.17) is 14.4 Å². The minimum absolute atomic E-state index is 0.196. The molecule has 4 aromatic heterocycles. The quantitative estimate of drug-likeness (QED) is 0.398. The second kappa shape index (κ2) is 10.1. The summed E-state index contributed by atoms with van der Waals surface area (Å²) in [5.41, 5.74) is 3.10. The number of aliphatic hydroxyl groups excluding tert-OH is 1. The van der Waals surface area contributed by atoms with E-state index < -0.39 is 0 Å². The fourth-order valence-electron chi connectivity index (χ4n) is 4.92. The fourth-order valence-corrected chi connectivity index (χ4v) is 5.90. The van der Waals surface area contributed by atoms with Gasteiger partial charge in [0.2, 0.25) is 5.89 Å². The number of oxazole rings is 1. The molecule has 2 aliphatic heterocycles. The number of piperidine rings is 2. The molecule has 0 saturated carbocycles. The van der Waals surface area contributed by atoms with Crippen molar-refractivity contribution < 1.29 is 14.3 Å². The Morgan fingerprint density at radius 3 is 2.76 bits per heavy atom. The van der Waals surface area contributed by atoms with Crippen LogP contribution in [0.25, 0.3) is 21.8 Å². The Morgan fingerprint density at radius 1 is 1.11 bits per heavy atom. The molecule has 10 nitrogen and oxygen atoms in total. The number of pyridine rings is 2. The van der Waals surface area contributed by atoms with Gasteiger partial charge in [-0.3, -0.25) is 9.78 Å². The maximum absolute atomic E-state index is 13.2. The van der Waals surface area contributed by atoms with E-state index in [1.807, 2.05) is 19.1 Å². The predicted molar refractivity (Wildman–Crippen MR) is 143 cm³/mol. The molecule has 192 valence electrons. The molecule has 4 aromatic rings. The summed E-state index contributed by atoms with van der Waals surface area (Å²) in [6, 6.07) is 5.62. The van der Waals surface area contributed by atoms with Crippen molar-refractivity contribution in [3.63, 3.8) is 0 Å². The molecule has 11 heteroatoms. The molecule has 2 fully saturated rings. The highest BCUT2D eigenvalue weighted by molar-refractivity contribution is 7.22. The topological polar surface area (TPSA) is 121 Å². The van der Waals surface area contributed by atoms with Gasteiger partial charge in [-0.25, -0.2) is 9.97 Å². The van der Waals surface area contributed by atoms with Crippen LogP contribution in [0, 0.1) is 6.92 Å². The Kier molecular flexibility index (Phi) is 6.47. The Labute approximate surface area is 218 Å². The standard InChI is InChI=1S/C26H29N7O3S/c1-16-12-17(7-8-27-16)25-29-20(15-36-25)24(35)28-19-13-21-22(30-23(19)32-9-3-2-4-10-32)31-26(37-21)33-11-5-6-18(34)14-33/h7-8,12-13,15,18,34H,2-6,9-11,14H2,1H3,(H,28,35). The number of nitrogens with zero attached hydrogens (tertiary/aromatic N) is 6. The number of rotatable bonds is 5. The minimum atomic E-state index is -0.357. The van der Waals surface area contributed by atoms with E-state index in [-0.39, 0.29) is 17.7 Å². The number of hydrogen-bond acceptors (Lipinski definition) is 10. The molecule has 1 amide bonds. The van der Waals surface area contributed by atoms with Gasteiger partial charge in [-0.1, -0.05) is 11.3 Å². The highest BCUT2D eigenvalue weighted by Gasteiger charge is 2.24. The van der Waals surface area contributed by atoms with Crippen LogP contribution in [-0.2, 0) is 0 Å². The molecule has 6 heterocycles. The van der Waals surface area contributed by atoms with Crippen molar-refractivity contribution in [1.82, 2.24) is 19.9 Å². The largest absolute Gasteiger partial charge is 0.444 e. The maximum Gasteiger partial charge on any atom is 0.277 e. The average molecular weight is 520 g/mol. The second-order valence-electron chi connectivity index (χ2n) is 9.65. The number of nitrogens with one attached hydrogen (secondary N) is 1. The number of aryl methyl sites for hydroxylation is 1. The van der Waals surface area contributed by atoms with Gasteiger partial charge in [0.15, 0.2) is 22.3 Å². The van der Waals surface area contributed by atoms with Crippen LogP contribution in [0.3, 0.4) is 0 Å². The number of anilines is 3. The first-order valence-electron chi connectivity index (χ1n) is 12.7. The van der Waals surface area contributed by atoms with Crippen molar-refractivity contribution in [2.75, 3.05) is 41.3 Å². The molecule has 2 N–H and O–H groups in total. The molecule has 0 aromatic carbocycles. The van der Waals surface area contributed by atoms with Crippen molar-refractivity contribution in [2.24, 2.45) is 0 Å². The van der Waals surface area contributed by atoms with E-state index in [0.29, 0.717) is 23.8 Å². The third-order valence-corrected chi connectivity index (χ3v) is 7.85. The van der Waals surface area contributed by atoms with Gasteiger partial charge < -0.3 is 24.6 Å². The van der Waals surface area contributed by atoms with Crippen LogP contribution in [0.1, 0.15) is 48.3 Å². The lowest BCUT2D eigenvalue weighted by Gasteiger charge is -2.29. The number of amides is 1. The Bertz CT molecular complexity index is 1430. The van der Waals surface area contributed by atoms with Gasteiger partial charge in [-0.05, 0) is 57.2 Å². The minimum Gasteiger partial charge on any atom is -0.444 e. The van der Waals surface area contributed by atoms with Gasteiger partial charge in [0.05, 0.1) is 16.5 Å². The molecular weight excluding hydrogens is 490 g/mol. The van der Waals surface area contributed by atoms with E-state index in [1.54, 1.807) is 12.3 Å². The van der Waals surface area contributed by atoms with E-state index in [0.717, 1.165) is 72.2 Å². The van der Waals surface area contributed by atoms with Crippen LogP contribution in [0.2, 0.25) is 0 Å². The zero-order chi connectivity index (χ0) is 25.4. The van der Waals surface area contributed by atoms with Crippen LogP contribution in [0.5, 0.6) is 0 Å². The maximum atomic E-state index is 13.2. The Morgan fingerprint density at radius 2 is 1.95 bits per heavy atom. The van der Waals surface area contributed by atoms with Crippen LogP contribution >= 0.6 is 11.3 Å². The SMILES string of the molecule is Cc1cc(-c2nc(C(=O)Nc3cc4sc(N5CCCC(O)C5)nc4nc3N3CCCCC3)co2)ccn1. The molecule has 1 unspecified atom stereocenters. The molecule has 1 atom stereocenters. The van der Waals surface area contributed by atoms with Gasteiger partial charge >= 0.3 is 0 Å². The zero-order valence-electron chi connectivity index (χ0n) is 20.7. The fraction of sp³-hybridized carbons (Fsp3) is 0.423. The summed E-state index contributed by atoms with van der Waals surface area (Å²) in [5.74, 6) is 0.741. The van der Waals surface area contributed by atoms with Crippen molar-refractivity contribution >= 4 is 44.2 Å². The van der Waals surface area contributed by atoms with E-state index in [2.05, 4.69) is 25.1 Å². The summed E-state index contributed by atoms with van der Waals surface area (Å²) in [4.78, 5) is 35.9. The molecule has 0 bridgehead atoms. The normalized spacial score (nSPS) is 18.4. The summed E-state index contributed by atoms with van der Waals surface area (Å²) in [7, 11) is 0. The Balaban J connectivity index is 1.31. The summed E-state index contributed by atoms with van der Waals surface area (Å²) >= 11 is 1.53. The lowest BCUT2D eigenvalue weighted by atomic mass is 10.1. The van der Waals surface area contributed by atoms with Crippen molar-refractivity contribution in [2.45, 2.75) is 45.1 Å². The van der Waals surface area contributed by atoms with E-state index >= 15 is 0 Å². The number of fused-ring (bicyclic) bond motifs is 1. The van der Waals surface area contributed by atoms with Crippen molar-refractivity contribution in [1.29, 1.82) is 0 Å². The third kappa shape index (κ3) is 5.01. The van der Waals surface area contributed by atoms with Crippen molar-refractivity contribution in [3.05, 3.63) is 42.0 Å². The molecular formula is C26H29N7O3S. The summed E-state index contributed by atoms with van der Waals surface area (Å²) in [6.45, 7) is 5.10. The molecule has 6 rings (SSSR count). The van der Waals surface area contributed by atoms with Crippen LogP contribution in [-0.4, -0.2) is 63.2 Å². The average Bonchev–Trinajstić information content (AvgIpc) is 3.56. The monoisotopic (exact) mass is 519 g/mol. The smallest absolute Gasteiger partial charge is 0.277 e. The zero-order valence-corrected chi connectivity index (χ0v) is 21.5. The predicted octanol–water partition coefficient (Wildman–Crippen LogP) is 4.25. The molecule has 0 spiro atoms. The van der Waals surface area contributed by atoms with Gasteiger partial charge in [0.25, 0.3) is 5.91 Å².